The number of hydrogen-bond acceptors (Lipinski definition) is 5. The van der Waals surface area contributed by atoms with E-state index in [1.807, 2.05) is 6.26 Å². The van der Waals surface area contributed by atoms with Gasteiger partial charge in [-0.3, -0.25) is 4.98 Å². The van der Waals surface area contributed by atoms with E-state index in [4.69, 9.17) is 23.2 Å². The monoisotopic (exact) mass is 272 g/mol. The molecule has 7 heteroatoms. The molecule has 82 valence electrons. The van der Waals surface area contributed by atoms with Crippen molar-refractivity contribution in [3.63, 3.8) is 0 Å². The normalized spacial score (nSPS) is 10.4. The van der Waals surface area contributed by atoms with E-state index >= 15 is 0 Å². The van der Waals surface area contributed by atoms with Crippen LogP contribution in [0.25, 0.3) is 11.4 Å². The Balaban J connectivity index is 2.51. The zero-order chi connectivity index (χ0) is 11.5. The molecule has 16 heavy (non-hydrogen) atoms. The van der Waals surface area contributed by atoms with Gasteiger partial charge in [0.15, 0.2) is 5.16 Å². The van der Waals surface area contributed by atoms with E-state index in [9.17, 15) is 0 Å². The second-order valence-corrected chi connectivity index (χ2v) is 4.34. The molecule has 0 radical (unpaired) electrons. The molecular formula is C9H6Cl2N4S. The molecule has 4 nitrogen and oxygen atoms in total. The van der Waals surface area contributed by atoms with Crippen LogP contribution in [0.15, 0.2) is 23.6 Å². The summed E-state index contributed by atoms with van der Waals surface area (Å²) in [6.45, 7) is 0. The van der Waals surface area contributed by atoms with Crippen LogP contribution in [0.5, 0.6) is 0 Å². The first-order chi connectivity index (χ1) is 7.69. The number of thioether (sulfide) groups is 1. The van der Waals surface area contributed by atoms with Gasteiger partial charge >= 0.3 is 0 Å². The molecule has 0 spiro atoms. The fourth-order valence-corrected chi connectivity index (χ4v) is 1.85. The Bertz CT molecular complexity index is 521. The molecule has 0 atom stereocenters. The first kappa shape index (κ1) is 11.6. The Labute approximate surface area is 106 Å². The highest BCUT2D eigenvalue weighted by Crippen LogP contribution is 2.21. The van der Waals surface area contributed by atoms with Gasteiger partial charge in [0.1, 0.15) is 16.0 Å². The van der Waals surface area contributed by atoms with Crippen molar-refractivity contribution in [2.45, 2.75) is 5.16 Å². The summed E-state index contributed by atoms with van der Waals surface area (Å²) in [4.78, 5) is 16.4. The third-order valence-corrected chi connectivity index (χ3v) is 2.65. The van der Waals surface area contributed by atoms with Gasteiger partial charge in [-0.1, -0.05) is 35.0 Å². The van der Waals surface area contributed by atoms with Crippen LogP contribution in [-0.2, 0) is 0 Å². The first-order valence-electron chi connectivity index (χ1n) is 4.25. The molecule has 0 aliphatic rings. The van der Waals surface area contributed by atoms with Crippen molar-refractivity contribution in [3.05, 3.63) is 28.8 Å². The van der Waals surface area contributed by atoms with E-state index in [1.165, 1.54) is 18.0 Å². The molecule has 2 aromatic rings. The van der Waals surface area contributed by atoms with Crippen molar-refractivity contribution in [3.8, 4) is 11.4 Å². The topological polar surface area (TPSA) is 51.6 Å². The number of halogens is 2. The Hall–Kier alpha value is -0.910. The van der Waals surface area contributed by atoms with Crippen molar-refractivity contribution >= 4 is 35.0 Å². The van der Waals surface area contributed by atoms with Crippen LogP contribution >= 0.6 is 35.0 Å². The molecule has 2 rings (SSSR count). The summed E-state index contributed by atoms with van der Waals surface area (Å²) in [5.74, 6) is 0. The van der Waals surface area contributed by atoms with E-state index in [0.29, 0.717) is 26.9 Å². The Kier molecular flexibility index (Phi) is 3.58. The molecule has 0 saturated carbocycles. The van der Waals surface area contributed by atoms with Crippen molar-refractivity contribution in [1.29, 1.82) is 0 Å². The van der Waals surface area contributed by atoms with Gasteiger partial charge in [-0.2, -0.15) is 0 Å². The fourth-order valence-electron chi connectivity index (χ4n) is 1.08. The zero-order valence-corrected chi connectivity index (χ0v) is 10.5. The molecule has 0 N–H and O–H groups in total. The number of nitrogens with zero attached hydrogens (tertiary/aromatic N) is 4. The lowest BCUT2D eigenvalue weighted by Gasteiger charge is -2.02. The van der Waals surface area contributed by atoms with E-state index in [1.54, 1.807) is 12.3 Å². The quantitative estimate of drug-likeness (QED) is 0.478. The summed E-state index contributed by atoms with van der Waals surface area (Å²) in [6, 6.07) is 1.63. The molecule has 0 aliphatic heterocycles. The van der Waals surface area contributed by atoms with Gasteiger partial charge in [-0.15, -0.1) is 0 Å². The molecule has 0 aliphatic carbocycles. The minimum atomic E-state index is 0.318. The van der Waals surface area contributed by atoms with E-state index in [2.05, 4.69) is 19.9 Å². The summed E-state index contributed by atoms with van der Waals surface area (Å²) in [5.41, 5.74) is 1.19. The largest absolute Gasteiger partial charge is 0.259 e. The average molecular weight is 273 g/mol. The van der Waals surface area contributed by atoms with Crippen LogP contribution < -0.4 is 0 Å². The van der Waals surface area contributed by atoms with Gasteiger partial charge in [0.2, 0.25) is 0 Å². The van der Waals surface area contributed by atoms with Crippen molar-refractivity contribution in [2.24, 2.45) is 0 Å². The molecule has 0 saturated heterocycles. The van der Waals surface area contributed by atoms with Crippen LogP contribution in [0, 0.1) is 0 Å². The van der Waals surface area contributed by atoms with Crippen molar-refractivity contribution in [1.82, 2.24) is 19.9 Å². The summed E-state index contributed by atoms with van der Waals surface area (Å²) in [6.07, 6.45) is 4.91. The smallest absolute Gasteiger partial charge is 0.189 e. The van der Waals surface area contributed by atoms with Gasteiger partial charge in [0, 0.05) is 6.07 Å². The molecular weight excluding hydrogens is 267 g/mol. The second kappa shape index (κ2) is 4.95. The van der Waals surface area contributed by atoms with Crippen molar-refractivity contribution < 1.29 is 0 Å². The summed E-state index contributed by atoms with van der Waals surface area (Å²) >= 11 is 13.0. The zero-order valence-electron chi connectivity index (χ0n) is 8.19. The van der Waals surface area contributed by atoms with E-state index in [-0.39, 0.29) is 0 Å². The molecule has 0 bridgehead atoms. The highest BCUT2D eigenvalue weighted by atomic mass is 35.5. The van der Waals surface area contributed by atoms with E-state index in [0.717, 1.165) is 0 Å². The van der Waals surface area contributed by atoms with Crippen molar-refractivity contribution in [2.75, 3.05) is 6.26 Å². The molecule has 2 aromatic heterocycles. The molecule has 2 heterocycles. The fraction of sp³-hybridized carbons (Fsp3) is 0.111. The number of aromatic nitrogens is 4. The van der Waals surface area contributed by atoms with Crippen LogP contribution in [-0.4, -0.2) is 26.2 Å². The maximum atomic E-state index is 5.87. The van der Waals surface area contributed by atoms with Gasteiger partial charge in [-0.05, 0) is 6.26 Å². The SMILES string of the molecule is CSc1nc(Cl)cc(-c2cncc(Cl)n2)n1. The summed E-state index contributed by atoms with van der Waals surface area (Å²) in [5, 5.41) is 1.28. The molecule has 0 unspecified atom stereocenters. The predicted molar refractivity (Wildman–Crippen MR) is 64.9 cm³/mol. The second-order valence-electron chi connectivity index (χ2n) is 2.79. The van der Waals surface area contributed by atoms with Gasteiger partial charge in [0.25, 0.3) is 0 Å². The van der Waals surface area contributed by atoms with Crippen LogP contribution in [0.3, 0.4) is 0 Å². The van der Waals surface area contributed by atoms with Gasteiger partial charge in [-0.25, -0.2) is 15.0 Å². The molecule has 0 amide bonds. The van der Waals surface area contributed by atoms with Crippen LogP contribution in [0.1, 0.15) is 0 Å². The van der Waals surface area contributed by atoms with Gasteiger partial charge in [0.05, 0.1) is 18.1 Å². The van der Waals surface area contributed by atoms with E-state index < -0.39 is 0 Å². The maximum absolute atomic E-state index is 5.87. The first-order valence-corrected chi connectivity index (χ1v) is 6.23. The third kappa shape index (κ3) is 2.61. The van der Waals surface area contributed by atoms with Crippen LogP contribution in [0.4, 0.5) is 0 Å². The summed E-state index contributed by atoms with van der Waals surface area (Å²) in [7, 11) is 0. The Morgan fingerprint density at radius 2 is 1.81 bits per heavy atom. The predicted octanol–water partition coefficient (Wildman–Crippen LogP) is 2.96. The Morgan fingerprint density at radius 3 is 2.50 bits per heavy atom. The van der Waals surface area contributed by atoms with Crippen LogP contribution in [0.2, 0.25) is 10.3 Å². The lowest BCUT2D eigenvalue weighted by molar-refractivity contribution is 0.969. The minimum Gasteiger partial charge on any atom is -0.259 e. The lowest BCUT2D eigenvalue weighted by atomic mass is 10.3. The standard InChI is InChI=1S/C9H6Cl2N4S/c1-16-9-14-5(2-7(10)15-9)6-3-12-4-8(11)13-6/h2-4H,1H3. The highest BCUT2D eigenvalue weighted by molar-refractivity contribution is 7.98. The Morgan fingerprint density at radius 1 is 1.00 bits per heavy atom. The number of rotatable bonds is 2. The third-order valence-electron chi connectivity index (χ3n) is 1.72. The minimum absolute atomic E-state index is 0.318. The molecule has 0 fully saturated rings. The number of hydrogen-bond donors (Lipinski definition) is 0. The van der Waals surface area contributed by atoms with Gasteiger partial charge < -0.3 is 0 Å². The maximum Gasteiger partial charge on any atom is 0.189 e. The highest BCUT2D eigenvalue weighted by Gasteiger charge is 2.07. The summed E-state index contributed by atoms with van der Waals surface area (Å²) < 4.78 is 0. The lowest BCUT2D eigenvalue weighted by Crippen LogP contribution is -1.93. The molecule has 0 aromatic carbocycles. The average Bonchev–Trinajstić information content (AvgIpc) is 2.28.